The molecule has 0 saturated heterocycles. The Morgan fingerprint density at radius 3 is 1.62 bits per heavy atom. The van der Waals surface area contributed by atoms with Gasteiger partial charge in [0, 0.05) is 86.1 Å². The minimum Gasteiger partial charge on any atom is -0.354 e. The molecule has 4 aliphatic rings. The van der Waals surface area contributed by atoms with E-state index in [2.05, 4.69) is 37.1 Å². The van der Waals surface area contributed by atoms with E-state index in [1.165, 1.54) is 4.88 Å². The smallest absolute Gasteiger partial charge is 0.252 e. The molecule has 11 heterocycles. The molecule has 4 amide bonds. The Morgan fingerprint density at radius 2 is 1.05 bits per heavy atom. The predicted octanol–water partition coefficient (Wildman–Crippen LogP) is 8.48. The van der Waals surface area contributed by atoms with Crippen LogP contribution < -0.4 is 21.3 Å². The number of pyridine rings is 6. The number of alkyl halides is 1. The number of amides is 4. The number of unbranched alkanes of at least 4 members (excludes halogenated alkanes) is 2. The number of nitrogens with zero attached hydrogens (tertiary/aromatic N) is 8. The van der Waals surface area contributed by atoms with Gasteiger partial charge < -0.3 is 21.3 Å². The first-order valence-electron chi connectivity index (χ1n) is 27.2. The second kappa shape index (κ2) is 26.6. The molecule has 17 nitrogen and oxygen atoms in total. The van der Waals surface area contributed by atoms with Crippen LogP contribution in [0.25, 0.3) is 34.2 Å². The first-order valence-corrected chi connectivity index (χ1v) is 29.5. The van der Waals surface area contributed by atoms with Gasteiger partial charge in [-0.15, -0.1) is 11.3 Å². The van der Waals surface area contributed by atoms with E-state index in [9.17, 15) is 24.0 Å². The maximum atomic E-state index is 14.8. The molecule has 7 aromatic rings. The molecule has 0 aliphatic carbocycles. The van der Waals surface area contributed by atoms with Gasteiger partial charge in [-0.05, 0) is 117 Å². The van der Waals surface area contributed by atoms with Gasteiger partial charge in [0.2, 0.25) is 17.7 Å². The number of nitrogens with one attached hydrogen (secondary N) is 4. The van der Waals surface area contributed by atoms with Crippen LogP contribution in [0.4, 0.5) is 0 Å². The summed E-state index contributed by atoms with van der Waals surface area (Å²) in [7, 11) is 0. The lowest BCUT2D eigenvalue weighted by Gasteiger charge is -2.24. The summed E-state index contributed by atoms with van der Waals surface area (Å²) in [6.45, 7) is 3.43. The first kappa shape index (κ1) is 55.1. The number of fused-ring (bicyclic) bond motifs is 2. The molecule has 0 fully saturated rings. The quantitative estimate of drug-likeness (QED) is 0.0485. The van der Waals surface area contributed by atoms with Gasteiger partial charge in [-0.2, -0.15) is 0 Å². The molecule has 7 aromatic heterocycles. The number of aromatic nitrogens is 6. The van der Waals surface area contributed by atoms with Gasteiger partial charge >= 0.3 is 0 Å². The van der Waals surface area contributed by atoms with Crippen molar-refractivity contribution in [3.8, 4) is 34.2 Å². The Hall–Kier alpha value is -7.20. The van der Waals surface area contributed by atoms with Gasteiger partial charge in [-0.1, -0.05) is 66.1 Å². The van der Waals surface area contributed by atoms with Crippen molar-refractivity contribution in [2.75, 3.05) is 17.5 Å². The molecule has 406 valence electrons. The highest BCUT2D eigenvalue weighted by Crippen LogP contribution is 2.28. The van der Waals surface area contributed by atoms with Crippen molar-refractivity contribution in [1.29, 1.82) is 0 Å². The van der Waals surface area contributed by atoms with Crippen molar-refractivity contribution < 1.29 is 24.0 Å². The van der Waals surface area contributed by atoms with E-state index < -0.39 is 11.9 Å². The topological polar surface area (TPSA) is 217 Å². The number of hydrogen-bond acceptors (Lipinski definition) is 14. The molecule has 0 saturated carbocycles. The summed E-state index contributed by atoms with van der Waals surface area (Å²) in [5.41, 5.74) is 9.23. The van der Waals surface area contributed by atoms with Gasteiger partial charge in [0.25, 0.3) is 5.91 Å². The number of ketones is 1. The number of carbonyl (C=O) groups is 5. The summed E-state index contributed by atoms with van der Waals surface area (Å²) in [6, 6.07) is 34.4. The van der Waals surface area contributed by atoms with Crippen LogP contribution in [0.1, 0.15) is 122 Å². The van der Waals surface area contributed by atoms with Crippen LogP contribution in [-0.4, -0.2) is 92.7 Å². The number of aryl methyl sites for hydroxylation is 1. The Bertz CT molecular complexity index is 3260. The molecule has 4 N–H and O–H groups in total. The second-order valence-corrected chi connectivity index (χ2v) is 22.4. The lowest BCUT2D eigenvalue weighted by molar-refractivity contribution is -0.123. The highest BCUT2D eigenvalue weighted by Gasteiger charge is 2.26. The molecule has 0 spiro atoms. The van der Waals surface area contributed by atoms with Crippen molar-refractivity contribution in [1.82, 2.24) is 61.0 Å². The Morgan fingerprint density at radius 1 is 0.544 bits per heavy atom. The zero-order valence-electron chi connectivity index (χ0n) is 44.0. The summed E-state index contributed by atoms with van der Waals surface area (Å²) >= 11 is 3.65. The summed E-state index contributed by atoms with van der Waals surface area (Å²) in [6.07, 6.45) is 6.50. The molecule has 1 atom stereocenters. The van der Waals surface area contributed by atoms with Gasteiger partial charge in [-0.25, -0.2) is 29.9 Å². The molecule has 1 unspecified atom stereocenters. The van der Waals surface area contributed by atoms with Crippen molar-refractivity contribution in [2.45, 2.75) is 116 Å². The lowest BCUT2D eigenvalue weighted by Crippen LogP contribution is -2.46. The van der Waals surface area contributed by atoms with E-state index in [-0.39, 0.29) is 30.0 Å². The molecule has 0 aromatic carbocycles. The van der Waals surface area contributed by atoms with E-state index in [1.807, 2.05) is 108 Å². The Kier molecular flexibility index (Phi) is 18.6. The number of Topliss-reactive ketones (excluding diaryl/α,β-unsaturated/α-hetero) is 1. The number of carbonyl (C=O) groups excluding carboxylic acids is 5. The zero-order chi connectivity index (χ0) is 54.5. The van der Waals surface area contributed by atoms with Gasteiger partial charge in [0.1, 0.15) is 6.04 Å². The second-order valence-electron chi connectivity index (χ2n) is 20.3. The van der Waals surface area contributed by atoms with Gasteiger partial charge in [-0.3, -0.25) is 33.8 Å². The third-order valence-electron chi connectivity index (χ3n) is 14.1. The van der Waals surface area contributed by atoms with Crippen molar-refractivity contribution >= 4 is 63.3 Å². The molecule has 0 radical (unpaired) electrons. The fraction of sp³-hybridized carbons (Fsp3) is 0.350. The van der Waals surface area contributed by atoms with Crippen LogP contribution in [-0.2, 0) is 66.6 Å². The molecule has 16 bridgehead atoms. The predicted molar refractivity (Wildman–Crippen MR) is 310 cm³/mol. The van der Waals surface area contributed by atoms with Crippen molar-refractivity contribution in [2.24, 2.45) is 0 Å². The summed E-state index contributed by atoms with van der Waals surface area (Å²) in [5.74, 6) is -0.786. The van der Waals surface area contributed by atoms with Crippen LogP contribution in [0.5, 0.6) is 0 Å². The molecular weight excluding hydrogens is 1130 g/mol. The molecule has 11 rings (SSSR count). The first-order chi connectivity index (χ1) is 38.5. The monoisotopic (exact) mass is 1190 g/mol. The van der Waals surface area contributed by atoms with E-state index in [4.69, 9.17) is 29.9 Å². The van der Waals surface area contributed by atoms with Gasteiger partial charge in [0.05, 0.1) is 79.3 Å². The normalized spacial score (nSPS) is 17.3. The van der Waals surface area contributed by atoms with Crippen LogP contribution in [0.2, 0.25) is 0 Å². The fourth-order valence-electron chi connectivity index (χ4n) is 10.2. The third kappa shape index (κ3) is 15.3. The summed E-state index contributed by atoms with van der Waals surface area (Å²) in [4.78, 5) is 105. The molecular formula is C60H63IN12O5S. The Labute approximate surface area is 477 Å². The minimum absolute atomic E-state index is 0.0165. The molecule has 19 heteroatoms. The largest absolute Gasteiger partial charge is 0.354 e. The highest BCUT2D eigenvalue weighted by molar-refractivity contribution is 14.1. The van der Waals surface area contributed by atoms with Crippen LogP contribution in [0, 0.1) is 0 Å². The molecule has 4 aliphatic heterocycles. The Balaban J connectivity index is 0.927. The minimum atomic E-state index is -0.843. The van der Waals surface area contributed by atoms with E-state index in [0.29, 0.717) is 129 Å². The van der Waals surface area contributed by atoms with Crippen molar-refractivity contribution in [3.05, 3.63) is 164 Å². The number of halogens is 1. The number of hydrogen-bond donors (Lipinski definition) is 4. The summed E-state index contributed by atoms with van der Waals surface area (Å²) < 4.78 is 0.389. The van der Waals surface area contributed by atoms with Crippen LogP contribution >= 0.6 is 33.9 Å². The zero-order valence-corrected chi connectivity index (χ0v) is 47.0. The fourth-order valence-corrected chi connectivity index (χ4v) is 11.4. The molecule has 79 heavy (non-hydrogen) atoms. The standard InChI is InChI=1S/C60H63IN12O5S/c61-31-58(76)63-26-25-62-57(75)22-6-1-3-15-47-23-24-48(79-47)32-64-60(78)53-16-4-2-5-21-56(74)39-27-45-37-72-33-41-11-7-17-49(65-41)51-19-9-13-43(67-51)35-73(36-44-14-10-20-52(68-44)50-18-8-12-42(34-72)66-50)38-46-28-40(59(77)71-53)30-55(70-46)54(29-39)69-45/h7-14,17-20,23-24,27-30,53H,1-6,15-16,21-22,25-26,31-38H2,(H,62,75)(H,63,76)(H,64,78)(H,71,77). The van der Waals surface area contributed by atoms with Gasteiger partial charge in [0.15, 0.2) is 5.78 Å². The highest BCUT2D eigenvalue weighted by atomic mass is 127. The average Bonchev–Trinajstić information content (AvgIpc) is 3.94. The van der Waals surface area contributed by atoms with Crippen LogP contribution in [0.3, 0.4) is 0 Å². The number of rotatable bonds is 13. The summed E-state index contributed by atoms with van der Waals surface area (Å²) in [5, 5.41) is 11.8. The third-order valence-corrected chi connectivity index (χ3v) is 15.9. The van der Waals surface area contributed by atoms with Crippen molar-refractivity contribution in [3.63, 3.8) is 0 Å². The average molecular weight is 1190 g/mol. The van der Waals surface area contributed by atoms with Crippen LogP contribution in [0.15, 0.2) is 109 Å². The number of thiophene rings is 1. The SMILES string of the molecule is O=C(CI)NCCNC(=O)CCCCCc1ccc(CNC(=O)C2CCCCCC(=O)c3cc4nc(c3)-c3cc(cc(n3)CN3Cc5cccc(n5)-c5cccc(n5)CN(Cc5cccc(n5)-c5cccc(n5)C3)C4)C(=O)N2)s1. The maximum absolute atomic E-state index is 14.8. The van der Waals surface area contributed by atoms with E-state index in [1.54, 1.807) is 29.5 Å². The maximum Gasteiger partial charge on any atom is 0.252 e. The lowest BCUT2D eigenvalue weighted by atomic mass is 10.0. The van der Waals surface area contributed by atoms with E-state index >= 15 is 0 Å². The van der Waals surface area contributed by atoms with E-state index in [0.717, 1.165) is 76.1 Å².